The number of aromatic nitrogens is 1. The number of nitrogens with zero attached hydrogens (tertiary/aromatic N) is 2. The number of hydrogen-bond donors (Lipinski definition) is 1. The Morgan fingerprint density at radius 1 is 1.19 bits per heavy atom. The maximum atomic E-state index is 12.3. The first kappa shape index (κ1) is 16.5. The molecule has 4 rings (SSSR count). The van der Waals surface area contributed by atoms with E-state index in [0.29, 0.717) is 24.4 Å². The van der Waals surface area contributed by atoms with Crippen molar-refractivity contribution < 1.29 is 14.3 Å². The van der Waals surface area contributed by atoms with Gasteiger partial charge in [0.1, 0.15) is 12.3 Å². The molecular formula is C19H17N3O3S. The van der Waals surface area contributed by atoms with Crippen LogP contribution in [0.25, 0.3) is 10.2 Å². The topological polar surface area (TPSA) is 71.5 Å². The molecule has 6 nitrogen and oxygen atoms in total. The van der Waals surface area contributed by atoms with Gasteiger partial charge >= 0.3 is 0 Å². The minimum Gasteiger partial charge on any atom is -0.482 e. The van der Waals surface area contributed by atoms with E-state index < -0.39 is 0 Å². The highest BCUT2D eigenvalue weighted by molar-refractivity contribution is 7.18. The van der Waals surface area contributed by atoms with Crippen LogP contribution in [-0.2, 0) is 16.0 Å². The van der Waals surface area contributed by atoms with Crippen molar-refractivity contribution >= 4 is 39.1 Å². The largest absolute Gasteiger partial charge is 0.482 e. The van der Waals surface area contributed by atoms with Gasteiger partial charge in [-0.05, 0) is 24.3 Å². The molecular weight excluding hydrogens is 350 g/mol. The van der Waals surface area contributed by atoms with E-state index in [1.807, 2.05) is 36.4 Å². The number of anilines is 1. The summed E-state index contributed by atoms with van der Waals surface area (Å²) >= 11 is 1.63. The van der Waals surface area contributed by atoms with E-state index in [1.165, 1.54) is 4.90 Å². The van der Waals surface area contributed by atoms with Gasteiger partial charge in [-0.2, -0.15) is 0 Å². The second-order valence-corrected chi connectivity index (χ2v) is 7.03. The molecule has 0 radical (unpaired) electrons. The van der Waals surface area contributed by atoms with Crippen LogP contribution in [0, 0.1) is 0 Å². The minimum absolute atomic E-state index is 0.0148. The van der Waals surface area contributed by atoms with E-state index in [1.54, 1.807) is 23.5 Å². The zero-order valence-corrected chi connectivity index (χ0v) is 14.8. The molecule has 0 saturated heterocycles. The summed E-state index contributed by atoms with van der Waals surface area (Å²) in [5, 5.41) is 3.85. The molecule has 2 heterocycles. The van der Waals surface area contributed by atoms with E-state index in [4.69, 9.17) is 4.74 Å². The lowest BCUT2D eigenvalue weighted by molar-refractivity contribution is -0.125. The Hall–Kier alpha value is -2.93. The van der Waals surface area contributed by atoms with Crippen molar-refractivity contribution in [2.45, 2.75) is 6.42 Å². The van der Waals surface area contributed by atoms with Gasteiger partial charge in [0, 0.05) is 13.0 Å². The number of hydrogen-bond acceptors (Lipinski definition) is 5. The van der Waals surface area contributed by atoms with Gasteiger partial charge in [-0.25, -0.2) is 4.98 Å². The van der Waals surface area contributed by atoms with Crippen LogP contribution in [0.3, 0.4) is 0 Å². The van der Waals surface area contributed by atoms with Gasteiger partial charge < -0.3 is 10.1 Å². The van der Waals surface area contributed by atoms with Crippen molar-refractivity contribution in [2.24, 2.45) is 0 Å². The second-order valence-electron chi connectivity index (χ2n) is 5.91. The third-order valence-electron chi connectivity index (χ3n) is 4.11. The van der Waals surface area contributed by atoms with Crippen molar-refractivity contribution in [3.8, 4) is 5.75 Å². The van der Waals surface area contributed by atoms with E-state index in [9.17, 15) is 9.59 Å². The fourth-order valence-electron chi connectivity index (χ4n) is 2.86. The van der Waals surface area contributed by atoms with Gasteiger partial charge in [-0.1, -0.05) is 24.3 Å². The van der Waals surface area contributed by atoms with Gasteiger partial charge in [-0.15, -0.1) is 11.3 Å². The van der Waals surface area contributed by atoms with Crippen LogP contribution in [0.15, 0.2) is 48.5 Å². The van der Waals surface area contributed by atoms with E-state index in [-0.39, 0.29) is 25.0 Å². The average molecular weight is 367 g/mol. The first-order valence-corrected chi connectivity index (χ1v) is 9.16. The molecule has 0 spiro atoms. The van der Waals surface area contributed by atoms with Crippen molar-refractivity contribution in [3.05, 3.63) is 53.5 Å². The molecule has 26 heavy (non-hydrogen) atoms. The number of ether oxygens (including phenoxy) is 1. The smallest absolute Gasteiger partial charge is 0.265 e. The lowest BCUT2D eigenvalue weighted by Crippen LogP contribution is -2.45. The fourth-order valence-corrected chi connectivity index (χ4v) is 3.83. The Morgan fingerprint density at radius 3 is 2.88 bits per heavy atom. The van der Waals surface area contributed by atoms with Crippen LogP contribution >= 0.6 is 11.3 Å². The number of thiazole rings is 1. The summed E-state index contributed by atoms with van der Waals surface area (Å²) in [6, 6.07) is 15.2. The number of amides is 2. The molecule has 1 aliphatic heterocycles. The van der Waals surface area contributed by atoms with E-state index >= 15 is 0 Å². The van der Waals surface area contributed by atoms with Crippen LogP contribution in [-0.4, -0.2) is 36.5 Å². The first-order valence-electron chi connectivity index (χ1n) is 8.34. The second kappa shape index (κ2) is 7.13. The molecule has 0 saturated carbocycles. The number of para-hydroxylation sites is 3. The molecule has 0 unspecified atom stereocenters. The summed E-state index contributed by atoms with van der Waals surface area (Å²) in [5.74, 6) is 0.204. The van der Waals surface area contributed by atoms with Crippen molar-refractivity contribution in [1.82, 2.24) is 10.3 Å². The summed E-state index contributed by atoms with van der Waals surface area (Å²) in [6.45, 7) is 0.424. The Balaban J connectivity index is 1.35. The SMILES string of the molecule is O=C(CN1C(=O)COc2ccccc21)NCCc1nc2ccccc2s1. The zero-order valence-electron chi connectivity index (χ0n) is 14.0. The molecule has 0 fully saturated rings. The van der Waals surface area contributed by atoms with Gasteiger partial charge in [0.25, 0.3) is 5.91 Å². The molecule has 0 aliphatic carbocycles. The number of fused-ring (bicyclic) bond motifs is 2. The van der Waals surface area contributed by atoms with Gasteiger partial charge in [0.15, 0.2) is 6.61 Å². The average Bonchev–Trinajstić information content (AvgIpc) is 3.07. The quantitative estimate of drug-likeness (QED) is 0.752. The van der Waals surface area contributed by atoms with Crippen molar-refractivity contribution in [2.75, 3.05) is 24.6 Å². The lowest BCUT2D eigenvalue weighted by atomic mass is 10.2. The number of carbonyl (C=O) groups is 2. The first-order chi connectivity index (χ1) is 12.7. The predicted octanol–water partition coefficient (Wildman–Crippen LogP) is 2.38. The lowest BCUT2D eigenvalue weighted by Gasteiger charge is -2.28. The van der Waals surface area contributed by atoms with Crippen LogP contribution in [0.1, 0.15) is 5.01 Å². The molecule has 3 aromatic rings. The van der Waals surface area contributed by atoms with Gasteiger partial charge in [0.2, 0.25) is 5.91 Å². The van der Waals surface area contributed by atoms with Crippen LogP contribution in [0.2, 0.25) is 0 Å². The highest BCUT2D eigenvalue weighted by Crippen LogP contribution is 2.31. The number of carbonyl (C=O) groups excluding carboxylic acids is 2. The highest BCUT2D eigenvalue weighted by Gasteiger charge is 2.26. The Bertz CT molecular complexity index is 936. The number of benzene rings is 2. The molecule has 1 aromatic heterocycles. The summed E-state index contributed by atoms with van der Waals surface area (Å²) in [4.78, 5) is 30.4. The van der Waals surface area contributed by atoms with Crippen LogP contribution in [0.5, 0.6) is 5.75 Å². The predicted molar refractivity (Wildman–Crippen MR) is 101 cm³/mol. The summed E-state index contributed by atoms with van der Waals surface area (Å²) < 4.78 is 6.53. The molecule has 1 aliphatic rings. The van der Waals surface area contributed by atoms with Crippen LogP contribution < -0.4 is 15.0 Å². The minimum atomic E-state index is -0.218. The normalized spacial score (nSPS) is 13.4. The third-order valence-corrected chi connectivity index (χ3v) is 5.21. The molecule has 132 valence electrons. The Kier molecular flexibility index (Phi) is 4.53. The Morgan fingerprint density at radius 2 is 2.00 bits per heavy atom. The van der Waals surface area contributed by atoms with Crippen molar-refractivity contribution in [1.29, 1.82) is 0 Å². The van der Waals surface area contributed by atoms with Gasteiger partial charge in [-0.3, -0.25) is 14.5 Å². The summed E-state index contributed by atoms with van der Waals surface area (Å²) in [6.07, 6.45) is 0.665. The Labute approximate surface area is 154 Å². The van der Waals surface area contributed by atoms with E-state index in [2.05, 4.69) is 10.3 Å². The third kappa shape index (κ3) is 3.39. The molecule has 7 heteroatoms. The molecule has 2 amide bonds. The maximum Gasteiger partial charge on any atom is 0.265 e. The molecule has 1 N–H and O–H groups in total. The molecule has 2 aromatic carbocycles. The highest BCUT2D eigenvalue weighted by atomic mass is 32.1. The fraction of sp³-hybridized carbons (Fsp3) is 0.211. The van der Waals surface area contributed by atoms with E-state index in [0.717, 1.165) is 15.2 Å². The standard InChI is InChI=1S/C19H17N3O3S/c23-17(11-22-14-6-2-3-7-15(14)25-12-19(22)24)20-10-9-18-21-13-5-1-4-8-16(13)26-18/h1-8H,9-12H2,(H,20,23). The summed E-state index contributed by atoms with van der Waals surface area (Å²) in [5.41, 5.74) is 1.61. The molecule has 0 bridgehead atoms. The summed E-state index contributed by atoms with van der Waals surface area (Å²) in [7, 11) is 0. The number of rotatable bonds is 5. The van der Waals surface area contributed by atoms with Gasteiger partial charge in [0.05, 0.1) is 20.9 Å². The monoisotopic (exact) mass is 367 g/mol. The van der Waals surface area contributed by atoms with Crippen LogP contribution in [0.4, 0.5) is 5.69 Å². The molecule has 0 atom stereocenters. The van der Waals surface area contributed by atoms with Crippen molar-refractivity contribution in [3.63, 3.8) is 0 Å². The zero-order chi connectivity index (χ0) is 17.9. The number of nitrogens with one attached hydrogen (secondary N) is 1. The maximum absolute atomic E-state index is 12.3.